The highest BCUT2D eigenvalue weighted by Crippen LogP contribution is 2.32. The molecule has 2 aromatic carbocycles. The maximum Gasteiger partial charge on any atom is 0.416 e. The van der Waals surface area contributed by atoms with Crippen molar-refractivity contribution in [2.75, 3.05) is 5.32 Å². The Morgan fingerprint density at radius 3 is 2.11 bits per heavy atom. The van der Waals surface area contributed by atoms with Crippen molar-refractivity contribution in [1.82, 2.24) is 10.2 Å². The van der Waals surface area contributed by atoms with Gasteiger partial charge in [0.15, 0.2) is 0 Å². The normalized spacial score (nSPS) is 12.1. The van der Waals surface area contributed by atoms with Gasteiger partial charge in [0, 0.05) is 11.1 Å². The van der Waals surface area contributed by atoms with Crippen LogP contribution in [0.5, 0.6) is 0 Å². The van der Waals surface area contributed by atoms with E-state index in [0.29, 0.717) is 0 Å². The van der Waals surface area contributed by atoms with Gasteiger partial charge in [-0.15, -0.1) is 5.10 Å². The van der Waals surface area contributed by atoms with Crippen molar-refractivity contribution in [3.8, 4) is 11.5 Å². The van der Waals surface area contributed by atoms with Crippen LogP contribution in [-0.4, -0.2) is 16.1 Å². The molecule has 0 fully saturated rings. The first-order valence-electron chi connectivity index (χ1n) is 7.54. The maximum atomic E-state index is 12.8. The van der Waals surface area contributed by atoms with Crippen LogP contribution in [0.1, 0.15) is 21.5 Å². The van der Waals surface area contributed by atoms with Crippen molar-refractivity contribution < 1.29 is 35.6 Å². The third-order valence-electron chi connectivity index (χ3n) is 3.56. The predicted molar refractivity (Wildman–Crippen MR) is 84.1 cm³/mol. The fourth-order valence-corrected chi connectivity index (χ4v) is 2.20. The summed E-state index contributed by atoms with van der Waals surface area (Å²) in [6, 6.07) is 7.10. The summed E-state index contributed by atoms with van der Waals surface area (Å²) in [6.07, 6.45) is -9.10. The van der Waals surface area contributed by atoms with E-state index >= 15 is 0 Å². The number of anilines is 1. The van der Waals surface area contributed by atoms with Crippen LogP contribution in [0.15, 0.2) is 52.9 Å². The lowest BCUT2D eigenvalue weighted by Crippen LogP contribution is -2.13. The molecule has 1 N–H and O–H groups in total. The third kappa shape index (κ3) is 4.30. The first-order chi connectivity index (χ1) is 13.0. The first-order valence-corrected chi connectivity index (χ1v) is 7.54. The maximum absolute atomic E-state index is 12.8. The minimum absolute atomic E-state index is 0.0163. The molecule has 0 spiro atoms. The molecule has 0 saturated heterocycles. The highest BCUT2D eigenvalue weighted by atomic mass is 19.4. The summed E-state index contributed by atoms with van der Waals surface area (Å²) in [5, 5.41) is 9.22. The molecule has 1 aromatic heterocycles. The van der Waals surface area contributed by atoms with Crippen molar-refractivity contribution in [1.29, 1.82) is 0 Å². The molecule has 1 amide bonds. The molecule has 0 bridgehead atoms. The Bertz CT molecular complexity index is 993. The van der Waals surface area contributed by atoms with Crippen LogP contribution < -0.4 is 5.32 Å². The summed E-state index contributed by atoms with van der Waals surface area (Å²) < 4.78 is 81.0. The van der Waals surface area contributed by atoms with Gasteiger partial charge in [-0.25, -0.2) is 0 Å². The number of nitrogens with one attached hydrogen (secondary N) is 1. The third-order valence-corrected chi connectivity index (χ3v) is 3.56. The molecule has 11 heteroatoms. The number of halogens is 6. The van der Waals surface area contributed by atoms with Gasteiger partial charge in [0.2, 0.25) is 5.89 Å². The number of aromatic nitrogens is 2. The molecule has 0 radical (unpaired) electrons. The summed E-state index contributed by atoms with van der Waals surface area (Å²) in [6.45, 7) is 0. The Balaban J connectivity index is 1.75. The molecule has 3 aromatic rings. The van der Waals surface area contributed by atoms with Gasteiger partial charge in [0.05, 0.1) is 11.1 Å². The largest absolute Gasteiger partial charge is 0.416 e. The molecule has 0 aliphatic rings. The summed E-state index contributed by atoms with van der Waals surface area (Å²) in [5.74, 6) is -1.10. The van der Waals surface area contributed by atoms with E-state index in [1.54, 1.807) is 0 Å². The highest BCUT2D eigenvalue weighted by Gasteiger charge is 2.31. The second-order valence-electron chi connectivity index (χ2n) is 5.52. The monoisotopic (exact) mass is 401 g/mol. The average Bonchev–Trinajstić information content (AvgIpc) is 3.09. The summed E-state index contributed by atoms with van der Waals surface area (Å²) in [5.41, 5.74) is -1.96. The molecular weight excluding hydrogens is 392 g/mol. The lowest BCUT2D eigenvalue weighted by atomic mass is 10.1. The van der Waals surface area contributed by atoms with Crippen molar-refractivity contribution in [3.63, 3.8) is 0 Å². The van der Waals surface area contributed by atoms with E-state index < -0.39 is 35.4 Å². The molecular formula is C17H9F6N3O2. The van der Waals surface area contributed by atoms with Crippen LogP contribution in [0.2, 0.25) is 0 Å². The van der Waals surface area contributed by atoms with Gasteiger partial charge in [-0.3, -0.25) is 10.1 Å². The molecule has 1 heterocycles. The van der Waals surface area contributed by atoms with Gasteiger partial charge in [-0.05, 0) is 42.5 Å². The van der Waals surface area contributed by atoms with E-state index in [4.69, 9.17) is 4.42 Å². The van der Waals surface area contributed by atoms with Crippen LogP contribution in [0.4, 0.5) is 32.4 Å². The number of carbonyl (C=O) groups is 1. The molecule has 0 aliphatic carbocycles. The standard InChI is InChI=1S/C17H9F6N3O2/c18-16(19,20)11-6-4-9(5-7-11)13(27)24-15-26-25-14(28-15)10-2-1-3-12(8-10)17(21,22)23/h1-8H,(H,24,26,27). The first kappa shape index (κ1) is 19.4. The SMILES string of the molecule is O=C(Nc1nnc(-c2cccc(C(F)(F)F)c2)o1)c1ccc(C(F)(F)F)cc1. The molecule has 3 rings (SSSR count). The Hall–Kier alpha value is -3.37. The number of nitrogens with zero attached hydrogens (tertiary/aromatic N) is 2. The average molecular weight is 401 g/mol. The fraction of sp³-hybridized carbons (Fsp3) is 0.118. The molecule has 28 heavy (non-hydrogen) atoms. The number of amides is 1. The van der Waals surface area contributed by atoms with E-state index in [2.05, 4.69) is 15.5 Å². The zero-order chi connectivity index (χ0) is 20.5. The lowest BCUT2D eigenvalue weighted by Gasteiger charge is -2.07. The number of rotatable bonds is 3. The Labute approximate surface area is 153 Å². The van der Waals surface area contributed by atoms with E-state index in [9.17, 15) is 31.1 Å². The van der Waals surface area contributed by atoms with Crippen molar-refractivity contribution in [3.05, 3.63) is 65.2 Å². The van der Waals surface area contributed by atoms with Gasteiger partial charge < -0.3 is 4.42 Å². The molecule has 146 valence electrons. The van der Waals surface area contributed by atoms with Gasteiger partial charge in [-0.2, -0.15) is 26.3 Å². The van der Waals surface area contributed by atoms with Crippen LogP contribution in [0.25, 0.3) is 11.5 Å². The second-order valence-corrected chi connectivity index (χ2v) is 5.52. The Kier molecular flexibility index (Phi) is 4.84. The van der Waals surface area contributed by atoms with Crippen LogP contribution in [0.3, 0.4) is 0 Å². The topological polar surface area (TPSA) is 68.0 Å². The quantitative estimate of drug-likeness (QED) is 0.626. The molecule has 0 saturated carbocycles. The zero-order valence-corrected chi connectivity index (χ0v) is 13.6. The van der Waals surface area contributed by atoms with E-state index in [1.807, 2.05) is 0 Å². The van der Waals surface area contributed by atoms with Gasteiger partial charge >= 0.3 is 18.4 Å². The molecule has 0 unspecified atom stereocenters. The van der Waals surface area contributed by atoms with E-state index in [0.717, 1.165) is 42.5 Å². The number of carbonyl (C=O) groups excluding carboxylic acids is 1. The van der Waals surface area contributed by atoms with E-state index in [-0.39, 0.29) is 17.0 Å². The highest BCUT2D eigenvalue weighted by molar-refractivity contribution is 6.03. The lowest BCUT2D eigenvalue weighted by molar-refractivity contribution is -0.138. The fourth-order valence-electron chi connectivity index (χ4n) is 2.20. The van der Waals surface area contributed by atoms with Crippen molar-refractivity contribution in [2.24, 2.45) is 0 Å². The minimum Gasteiger partial charge on any atom is -0.403 e. The van der Waals surface area contributed by atoms with Crippen LogP contribution in [-0.2, 0) is 12.4 Å². The van der Waals surface area contributed by atoms with Crippen LogP contribution >= 0.6 is 0 Å². The smallest absolute Gasteiger partial charge is 0.403 e. The molecule has 0 aliphatic heterocycles. The number of hydrogen-bond donors (Lipinski definition) is 1. The van der Waals surface area contributed by atoms with Crippen LogP contribution in [0, 0.1) is 0 Å². The summed E-state index contributed by atoms with van der Waals surface area (Å²) in [4.78, 5) is 12.0. The Morgan fingerprint density at radius 1 is 0.857 bits per heavy atom. The molecule has 0 atom stereocenters. The van der Waals surface area contributed by atoms with Gasteiger partial charge in [0.25, 0.3) is 5.91 Å². The van der Waals surface area contributed by atoms with Crippen molar-refractivity contribution >= 4 is 11.9 Å². The van der Waals surface area contributed by atoms with Crippen molar-refractivity contribution in [2.45, 2.75) is 12.4 Å². The van der Waals surface area contributed by atoms with Gasteiger partial charge in [-0.1, -0.05) is 11.2 Å². The Morgan fingerprint density at radius 2 is 1.50 bits per heavy atom. The number of hydrogen-bond acceptors (Lipinski definition) is 4. The van der Waals surface area contributed by atoms with Gasteiger partial charge in [0.1, 0.15) is 0 Å². The number of benzene rings is 2. The zero-order valence-electron chi connectivity index (χ0n) is 13.6. The predicted octanol–water partition coefficient (Wildman–Crippen LogP) is 5.03. The molecule has 5 nitrogen and oxygen atoms in total. The minimum atomic E-state index is -4.56. The summed E-state index contributed by atoms with van der Waals surface area (Å²) in [7, 11) is 0. The number of alkyl halides is 6. The summed E-state index contributed by atoms with van der Waals surface area (Å²) >= 11 is 0. The second kappa shape index (κ2) is 6.98. The van der Waals surface area contributed by atoms with E-state index in [1.165, 1.54) is 6.07 Å².